The largest absolute Gasteiger partial charge is 0.494 e. The molecule has 0 atom stereocenters. The lowest BCUT2D eigenvalue weighted by molar-refractivity contribution is 0.00578. The van der Waals surface area contributed by atoms with Crippen molar-refractivity contribution in [2.45, 2.75) is 72.0 Å². The molecule has 1 saturated heterocycles. The molecule has 0 radical (unpaired) electrons. The van der Waals surface area contributed by atoms with Crippen molar-refractivity contribution in [1.29, 1.82) is 0 Å². The van der Waals surface area contributed by atoms with Gasteiger partial charge in [-0.05, 0) is 76.4 Å². The van der Waals surface area contributed by atoms with E-state index < -0.39 is 7.12 Å². The molecule has 32 heavy (non-hydrogen) atoms. The lowest BCUT2D eigenvalue weighted by Gasteiger charge is -2.32. The summed E-state index contributed by atoms with van der Waals surface area (Å²) >= 11 is 0. The first-order valence-electron chi connectivity index (χ1n) is 11.5. The Bertz CT molecular complexity index is 1000. The van der Waals surface area contributed by atoms with Gasteiger partial charge in [0.15, 0.2) is 0 Å². The standard InChI is InChI=1S/C25H34BN3O3/c1-17-21(15-20(16-28-17)29-22(30)27-13-12-25(6)10-11-25)18-8-7-9-19(14-18)26-31-23(2,3)24(4,5)32-26/h7-9,14-16H,10-13H2,1-6H3,(H2,27,29,30). The predicted octanol–water partition coefficient (Wildman–Crippen LogP) is 4.67. The summed E-state index contributed by atoms with van der Waals surface area (Å²) in [6.45, 7) is 13.1. The SMILES string of the molecule is Cc1ncc(NC(=O)NCCC2(C)CC2)cc1-c1cccc(B2OC(C)(C)C(C)(C)O2)c1. The van der Waals surface area contributed by atoms with Crippen molar-refractivity contribution in [2.24, 2.45) is 5.41 Å². The number of aryl methyl sites for hydroxylation is 1. The molecule has 0 unspecified atom stereocenters. The van der Waals surface area contributed by atoms with Crippen LogP contribution < -0.4 is 16.1 Å². The van der Waals surface area contributed by atoms with E-state index in [-0.39, 0.29) is 17.2 Å². The van der Waals surface area contributed by atoms with Crippen LogP contribution in [0.1, 0.15) is 59.6 Å². The van der Waals surface area contributed by atoms with Gasteiger partial charge in [-0.15, -0.1) is 0 Å². The molecule has 7 heteroatoms. The molecule has 2 aromatic rings. The average Bonchev–Trinajstić information content (AvgIpc) is 3.40. The van der Waals surface area contributed by atoms with Crippen molar-refractivity contribution < 1.29 is 14.1 Å². The molecule has 1 saturated carbocycles. The number of amides is 2. The Morgan fingerprint density at radius 2 is 1.78 bits per heavy atom. The van der Waals surface area contributed by atoms with E-state index in [0.717, 1.165) is 28.7 Å². The van der Waals surface area contributed by atoms with E-state index in [4.69, 9.17) is 9.31 Å². The van der Waals surface area contributed by atoms with Gasteiger partial charge in [-0.25, -0.2) is 4.79 Å². The average molecular weight is 435 g/mol. The van der Waals surface area contributed by atoms with Gasteiger partial charge in [0.1, 0.15) is 0 Å². The number of carbonyl (C=O) groups is 1. The topological polar surface area (TPSA) is 72.5 Å². The van der Waals surface area contributed by atoms with E-state index in [1.165, 1.54) is 12.8 Å². The van der Waals surface area contributed by atoms with Gasteiger partial charge in [0.2, 0.25) is 0 Å². The molecule has 1 aromatic carbocycles. The molecular weight excluding hydrogens is 401 g/mol. The monoisotopic (exact) mass is 435 g/mol. The second-order valence-corrected chi connectivity index (χ2v) is 10.5. The van der Waals surface area contributed by atoms with Crippen LogP contribution in [-0.4, -0.2) is 35.9 Å². The Morgan fingerprint density at radius 3 is 2.44 bits per heavy atom. The molecule has 2 aliphatic rings. The summed E-state index contributed by atoms with van der Waals surface area (Å²) in [6.07, 6.45) is 5.22. The number of aromatic nitrogens is 1. The highest BCUT2D eigenvalue weighted by Crippen LogP contribution is 2.47. The number of hydrogen-bond acceptors (Lipinski definition) is 4. The fourth-order valence-corrected chi connectivity index (χ4v) is 3.84. The van der Waals surface area contributed by atoms with Gasteiger partial charge < -0.3 is 19.9 Å². The number of benzene rings is 1. The first kappa shape index (κ1) is 22.8. The zero-order chi connectivity index (χ0) is 23.1. The molecule has 1 aliphatic carbocycles. The third-order valence-corrected chi connectivity index (χ3v) is 7.19. The number of urea groups is 1. The quantitative estimate of drug-likeness (QED) is 0.647. The van der Waals surface area contributed by atoms with Crippen molar-refractivity contribution in [3.63, 3.8) is 0 Å². The number of anilines is 1. The summed E-state index contributed by atoms with van der Waals surface area (Å²) in [7, 11) is -0.423. The zero-order valence-corrected chi connectivity index (χ0v) is 20.0. The number of pyridine rings is 1. The van der Waals surface area contributed by atoms with Gasteiger partial charge in [0.05, 0.1) is 23.1 Å². The normalized spacial score (nSPS) is 20.1. The van der Waals surface area contributed by atoms with Crippen LogP contribution in [0.3, 0.4) is 0 Å². The second-order valence-electron chi connectivity index (χ2n) is 10.5. The maximum atomic E-state index is 12.3. The van der Waals surface area contributed by atoms with E-state index in [2.05, 4.69) is 56.3 Å². The van der Waals surface area contributed by atoms with Crippen LogP contribution in [0.25, 0.3) is 11.1 Å². The highest BCUT2D eigenvalue weighted by molar-refractivity contribution is 6.62. The maximum Gasteiger partial charge on any atom is 0.494 e. The van der Waals surface area contributed by atoms with Crippen molar-refractivity contribution in [3.05, 3.63) is 42.2 Å². The molecule has 6 nitrogen and oxygen atoms in total. The Morgan fingerprint density at radius 1 is 1.09 bits per heavy atom. The van der Waals surface area contributed by atoms with E-state index in [1.54, 1.807) is 6.20 Å². The minimum Gasteiger partial charge on any atom is -0.399 e. The van der Waals surface area contributed by atoms with Crippen molar-refractivity contribution in [3.8, 4) is 11.1 Å². The number of carbonyl (C=O) groups excluding carboxylic acids is 1. The van der Waals surface area contributed by atoms with E-state index in [1.807, 2.05) is 31.2 Å². The molecule has 2 amide bonds. The van der Waals surface area contributed by atoms with Crippen LogP contribution in [0.5, 0.6) is 0 Å². The first-order chi connectivity index (χ1) is 15.0. The lowest BCUT2D eigenvalue weighted by atomic mass is 9.78. The Balaban J connectivity index is 1.48. The first-order valence-corrected chi connectivity index (χ1v) is 11.5. The predicted molar refractivity (Wildman–Crippen MR) is 129 cm³/mol. The number of hydrogen-bond donors (Lipinski definition) is 2. The second kappa shape index (κ2) is 8.20. The zero-order valence-electron chi connectivity index (χ0n) is 20.0. The molecule has 2 heterocycles. The van der Waals surface area contributed by atoms with Crippen LogP contribution >= 0.6 is 0 Å². The van der Waals surface area contributed by atoms with Crippen molar-refractivity contribution in [2.75, 3.05) is 11.9 Å². The maximum absolute atomic E-state index is 12.3. The highest BCUT2D eigenvalue weighted by atomic mass is 16.7. The van der Waals surface area contributed by atoms with E-state index in [9.17, 15) is 4.79 Å². The van der Waals surface area contributed by atoms with E-state index in [0.29, 0.717) is 17.6 Å². The van der Waals surface area contributed by atoms with Gasteiger partial charge in [0.25, 0.3) is 0 Å². The summed E-state index contributed by atoms with van der Waals surface area (Å²) in [4.78, 5) is 16.8. The van der Waals surface area contributed by atoms with Crippen LogP contribution in [-0.2, 0) is 9.31 Å². The summed E-state index contributed by atoms with van der Waals surface area (Å²) in [6, 6.07) is 9.90. The van der Waals surface area contributed by atoms with Crippen LogP contribution in [0.2, 0.25) is 0 Å². The van der Waals surface area contributed by atoms with Gasteiger partial charge in [-0.3, -0.25) is 4.98 Å². The van der Waals surface area contributed by atoms with Crippen molar-refractivity contribution >= 4 is 24.3 Å². The molecule has 170 valence electrons. The smallest absolute Gasteiger partial charge is 0.399 e. The summed E-state index contributed by atoms with van der Waals surface area (Å²) < 4.78 is 12.4. The number of rotatable bonds is 6. The summed E-state index contributed by atoms with van der Waals surface area (Å²) in [5.74, 6) is 0. The molecule has 2 N–H and O–H groups in total. The van der Waals surface area contributed by atoms with Gasteiger partial charge in [0, 0.05) is 17.8 Å². The van der Waals surface area contributed by atoms with Crippen molar-refractivity contribution in [1.82, 2.24) is 10.3 Å². The molecule has 4 rings (SSSR count). The Hall–Kier alpha value is -2.38. The highest BCUT2D eigenvalue weighted by Gasteiger charge is 2.51. The minimum absolute atomic E-state index is 0.197. The van der Waals surface area contributed by atoms with Gasteiger partial charge in [-0.1, -0.05) is 31.2 Å². The fraction of sp³-hybridized carbons (Fsp3) is 0.520. The van der Waals surface area contributed by atoms with Crippen LogP contribution in [0.4, 0.5) is 10.5 Å². The molecule has 0 spiro atoms. The molecule has 0 bridgehead atoms. The fourth-order valence-electron chi connectivity index (χ4n) is 3.84. The minimum atomic E-state index is -0.423. The van der Waals surface area contributed by atoms with Gasteiger partial charge >= 0.3 is 13.1 Å². The third-order valence-electron chi connectivity index (χ3n) is 7.19. The number of nitrogens with one attached hydrogen (secondary N) is 2. The Kier molecular flexibility index (Phi) is 5.84. The number of nitrogens with zero attached hydrogens (tertiary/aromatic N) is 1. The van der Waals surface area contributed by atoms with Crippen LogP contribution in [0, 0.1) is 12.3 Å². The third kappa shape index (κ3) is 4.84. The molecule has 1 aliphatic heterocycles. The van der Waals surface area contributed by atoms with Crippen LogP contribution in [0.15, 0.2) is 36.5 Å². The Labute approximate surface area is 191 Å². The van der Waals surface area contributed by atoms with Gasteiger partial charge in [-0.2, -0.15) is 0 Å². The molecular formula is C25H34BN3O3. The van der Waals surface area contributed by atoms with E-state index >= 15 is 0 Å². The molecule has 2 fully saturated rings. The lowest BCUT2D eigenvalue weighted by Crippen LogP contribution is -2.41. The summed E-state index contributed by atoms with van der Waals surface area (Å²) in [5, 5.41) is 5.87. The molecule has 1 aromatic heterocycles. The summed E-state index contributed by atoms with van der Waals surface area (Å²) in [5.41, 5.74) is 4.14.